The molecule has 3 rings (SSSR count). The van der Waals surface area contributed by atoms with Crippen LogP contribution in [0.4, 0.5) is 5.82 Å². The van der Waals surface area contributed by atoms with E-state index >= 15 is 0 Å². The van der Waals surface area contributed by atoms with Crippen LogP contribution in [0.15, 0.2) is 6.07 Å². The standard InChI is InChI=1S/C15H23N3O/c1-11-10-14(16-15(19)9-8-12-6-7-12)18(17-11)13-4-2-3-5-13/h10,12-13H,2-9H2,1H3,(H,16,19). The number of carbonyl (C=O) groups excluding carboxylic acids is 1. The Bertz CT molecular complexity index is 456. The van der Waals surface area contributed by atoms with Gasteiger partial charge in [-0.3, -0.25) is 4.79 Å². The van der Waals surface area contributed by atoms with Crippen molar-refractivity contribution in [2.75, 3.05) is 5.32 Å². The molecular weight excluding hydrogens is 238 g/mol. The molecule has 2 aliphatic carbocycles. The van der Waals surface area contributed by atoms with Crippen molar-refractivity contribution in [1.82, 2.24) is 9.78 Å². The molecular formula is C15H23N3O. The zero-order valence-corrected chi connectivity index (χ0v) is 11.7. The van der Waals surface area contributed by atoms with Crippen LogP contribution in [0.25, 0.3) is 0 Å². The van der Waals surface area contributed by atoms with Crippen LogP contribution in [0, 0.1) is 12.8 Å². The van der Waals surface area contributed by atoms with Gasteiger partial charge in [-0.2, -0.15) is 5.10 Å². The summed E-state index contributed by atoms with van der Waals surface area (Å²) < 4.78 is 2.04. The molecule has 4 nitrogen and oxygen atoms in total. The van der Waals surface area contributed by atoms with Gasteiger partial charge in [0, 0.05) is 12.5 Å². The van der Waals surface area contributed by atoms with Crippen molar-refractivity contribution in [2.45, 2.75) is 64.3 Å². The van der Waals surface area contributed by atoms with E-state index in [2.05, 4.69) is 10.4 Å². The molecule has 0 saturated heterocycles. The highest BCUT2D eigenvalue weighted by atomic mass is 16.1. The first kappa shape index (κ1) is 12.7. The smallest absolute Gasteiger partial charge is 0.225 e. The Morgan fingerprint density at radius 2 is 2.11 bits per heavy atom. The number of carbonyl (C=O) groups is 1. The predicted molar refractivity (Wildman–Crippen MR) is 75.1 cm³/mol. The summed E-state index contributed by atoms with van der Waals surface area (Å²) in [6.07, 6.45) is 9.25. The molecule has 0 atom stereocenters. The van der Waals surface area contributed by atoms with Gasteiger partial charge >= 0.3 is 0 Å². The number of nitrogens with one attached hydrogen (secondary N) is 1. The summed E-state index contributed by atoms with van der Waals surface area (Å²) in [5.74, 6) is 1.85. The molecule has 2 aliphatic rings. The number of aromatic nitrogens is 2. The van der Waals surface area contributed by atoms with Crippen LogP contribution in [0.1, 0.15) is 63.1 Å². The summed E-state index contributed by atoms with van der Waals surface area (Å²) in [5, 5.41) is 7.61. The van der Waals surface area contributed by atoms with Crippen molar-refractivity contribution in [3.8, 4) is 0 Å². The lowest BCUT2D eigenvalue weighted by Gasteiger charge is -2.14. The second-order valence-corrected chi connectivity index (χ2v) is 6.08. The quantitative estimate of drug-likeness (QED) is 0.882. The van der Waals surface area contributed by atoms with E-state index in [-0.39, 0.29) is 5.91 Å². The molecule has 104 valence electrons. The summed E-state index contributed by atoms with van der Waals surface area (Å²) >= 11 is 0. The lowest BCUT2D eigenvalue weighted by Crippen LogP contribution is -2.17. The van der Waals surface area contributed by atoms with Crippen LogP contribution in [-0.4, -0.2) is 15.7 Å². The van der Waals surface area contributed by atoms with Crippen molar-refractivity contribution in [3.05, 3.63) is 11.8 Å². The SMILES string of the molecule is Cc1cc(NC(=O)CCC2CC2)n(C2CCCC2)n1. The minimum absolute atomic E-state index is 0.144. The number of hydrogen-bond donors (Lipinski definition) is 1. The number of amides is 1. The van der Waals surface area contributed by atoms with Crippen LogP contribution in [-0.2, 0) is 4.79 Å². The Morgan fingerprint density at radius 3 is 2.79 bits per heavy atom. The summed E-state index contributed by atoms with van der Waals surface area (Å²) in [6.45, 7) is 1.99. The maximum Gasteiger partial charge on any atom is 0.225 e. The average Bonchev–Trinajstić information content (AvgIpc) is 2.90. The number of rotatable bonds is 5. The van der Waals surface area contributed by atoms with Crippen molar-refractivity contribution < 1.29 is 4.79 Å². The van der Waals surface area contributed by atoms with Crippen LogP contribution < -0.4 is 5.32 Å². The molecule has 0 bridgehead atoms. The minimum atomic E-state index is 0.144. The monoisotopic (exact) mass is 261 g/mol. The summed E-state index contributed by atoms with van der Waals surface area (Å²) in [4.78, 5) is 12.0. The number of anilines is 1. The minimum Gasteiger partial charge on any atom is -0.311 e. The Labute approximate surface area is 114 Å². The molecule has 0 aliphatic heterocycles. The maximum absolute atomic E-state index is 12.0. The fourth-order valence-corrected chi connectivity index (χ4v) is 2.98. The lowest BCUT2D eigenvalue weighted by atomic mass is 10.2. The maximum atomic E-state index is 12.0. The van der Waals surface area contributed by atoms with E-state index in [1.165, 1.54) is 38.5 Å². The van der Waals surface area contributed by atoms with Crippen LogP contribution in [0.3, 0.4) is 0 Å². The molecule has 1 heterocycles. The van der Waals surface area contributed by atoms with E-state index in [1.807, 2.05) is 17.7 Å². The number of aryl methyl sites for hydroxylation is 1. The lowest BCUT2D eigenvalue weighted by molar-refractivity contribution is -0.116. The number of nitrogens with zero attached hydrogens (tertiary/aromatic N) is 2. The molecule has 1 amide bonds. The Kier molecular flexibility index (Phi) is 3.58. The molecule has 0 aromatic carbocycles. The summed E-state index contributed by atoms with van der Waals surface area (Å²) in [6, 6.07) is 2.47. The fraction of sp³-hybridized carbons (Fsp3) is 0.733. The summed E-state index contributed by atoms with van der Waals surface area (Å²) in [5.41, 5.74) is 0.990. The second kappa shape index (κ2) is 5.35. The molecule has 4 heteroatoms. The highest BCUT2D eigenvalue weighted by Crippen LogP contribution is 2.34. The van der Waals surface area contributed by atoms with E-state index < -0.39 is 0 Å². The van der Waals surface area contributed by atoms with E-state index in [9.17, 15) is 4.79 Å². The first-order chi connectivity index (χ1) is 9.22. The van der Waals surface area contributed by atoms with Gasteiger partial charge in [0.05, 0.1) is 11.7 Å². The van der Waals surface area contributed by atoms with E-state index in [0.717, 1.165) is 23.9 Å². The van der Waals surface area contributed by atoms with Gasteiger partial charge < -0.3 is 5.32 Å². The van der Waals surface area contributed by atoms with Crippen molar-refractivity contribution in [1.29, 1.82) is 0 Å². The highest BCUT2D eigenvalue weighted by molar-refractivity contribution is 5.89. The molecule has 0 radical (unpaired) electrons. The van der Waals surface area contributed by atoms with Crippen molar-refractivity contribution in [2.24, 2.45) is 5.92 Å². The van der Waals surface area contributed by atoms with Crippen LogP contribution >= 0.6 is 0 Å². The molecule has 1 aromatic heterocycles. The molecule has 0 unspecified atom stereocenters. The van der Waals surface area contributed by atoms with Gasteiger partial charge in [0.25, 0.3) is 0 Å². The van der Waals surface area contributed by atoms with Gasteiger partial charge in [-0.15, -0.1) is 0 Å². The molecule has 19 heavy (non-hydrogen) atoms. The van der Waals surface area contributed by atoms with Crippen LogP contribution in [0.2, 0.25) is 0 Å². The first-order valence-corrected chi connectivity index (χ1v) is 7.58. The van der Waals surface area contributed by atoms with Gasteiger partial charge in [0.15, 0.2) is 0 Å². The van der Waals surface area contributed by atoms with Gasteiger partial charge in [0.2, 0.25) is 5.91 Å². The molecule has 2 fully saturated rings. The normalized spacial score (nSPS) is 19.8. The van der Waals surface area contributed by atoms with Crippen molar-refractivity contribution >= 4 is 11.7 Å². The molecule has 1 N–H and O–H groups in total. The van der Waals surface area contributed by atoms with E-state index in [1.54, 1.807) is 0 Å². The topological polar surface area (TPSA) is 46.9 Å². The Hall–Kier alpha value is -1.32. The zero-order chi connectivity index (χ0) is 13.2. The molecule has 1 aromatic rings. The Balaban J connectivity index is 1.63. The first-order valence-electron chi connectivity index (χ1n) is 7.58. The zero-order valence-electron chi connectivity index (χ0n) is 11.7. The third-order valence-corrected chi connectivity index (χ3v) is 4.27. The predicted octanol–water partition coefficient (Wildman–Crippen LogP) is 3.44. The fourth-order valence-electron chi connectivity index (χ4n) is 2.98. The van der Waals surface area contributed by atoms with Gasteiger partial charge in [-0.05, 0) is 32.1 Å². The van der Waals surface area contributed by atoms with Crippen molar-refractivity contribution in [3.63, 3.8) is 0 Å². The molecule has 2 saturated carbocycles. The van der Waals surface area contributed by atoms with Gasteiger partial charge in [-0.1, -0.05) is 25.7 Å². The van der Waals surface area contributed by atoms with E-state index in [4.69, 9.17) is 0 Å². The number of hydrogen-bond acceptors (Lipinski definition) is 2. The van der Waals surface area contributed by atoms with Gasteiger partial charge in [-0.25, -0.2) is 4.68 Å². The highest BCUT2D eigenvalue weighted by Gasteiger charge is 2.23. The average molecular weight is 261 g/mol. The second-order valence-electron chi connectivity index (χ2n) is 6.08. The van der Waals surface area contributed by atoms with E-state index in [0.29, 0.717) is 12.5 Å². The third-order valence-electron chi connectivity index (χ3n) is 4.27. The molecule has 0 spiro atoms. The third kappa shape index (κ3) is 3.17. The summed E-state index contributed by atoms with van der Waals surface area (Å²) in [7, 11) is 0. The largest absolute Gasteiger partial charge is 0.311 e. The van der Waals surface area contributed by atoms with Gasteiger partial charge in [0.1, 0.15) is 5.82 Å². The Morgan fingerprint density at radius 1 is 1.37 bits per heavy atom. The van der Waals surface area contributed by atoms with Crippen LogP contribution in [0.5, 0.6) is 0 Å².